The van der Waals surface area contributed by atoms with Crippen molar-refractivity contribution in [2.45, 2.75) is 25.3 Å². The van der Waals surface area contributed by atoms with Crippen molar-refractivity contribution in [1.29, 1.82) is 0 Å². The number of hydrogen-bond donors (Lipinski definition) is 2. The van der Waals surface area contributed by atoms with Crippen molar-refractivity contribution in [2.24, 2.45) is 0 Å². The highest BCUT2D eigenvalue weighted by atomic mass is 35.5. The number of carbonyl (C=O) groups excluding carboxylic acids is 1. The van der Waals surface area contributed by atoms with Crippen LogP contribution in [-0.2, 0) is 0 Å². The maximum absolute atomic E-state index is 12.2. The van der Waals surface area contributed by atoms with Crippen LogP contribution in [0.25, 0.3) is 0 Å². The second-order valence-corrected chi connectivity index (χ2v) is 5.67. The lowest BCUT2D eigenvalue weighted by Gasteiger charge is -2.33. The van der Waals surface area contributed by atoms with Gasteiger partial charge in [-0.15, -0.1) is 0 Å². The fraction of sp³-hybridized carbons (Fsp3) is 0.462. The van der Waals surface area contributed by atoms with Crippen LogP contribution in [0.2, 0.25) is 5.02 Å². The lowest BCUT2D eigenvalue weighted by Crippen LogP contribution is -2.49. The molecular weight excluding hydrogens is 298 g/mol. The number of nitrogens with zero attached hydrogens (tertiary/aromatic N) is 2. The van der Waals surface area contributed by atoms with Crippen LogP contribution in [0.4, 0.5) is 16.2 Å². The number of rotatable bonds is 3. The van der Waals surface area contributed by atoms with E-state index in [1.807, 2.05) is 6.92 Å². The van der Waals surface area contributed by atoms with E-state index in [9.17, 15) is 20.0 Å². The Morgan fingerprint density at radius 1 is 1.62 bits per heavy atom. The Morgan fingerprint density at radius 3 is 2.90 bits per heavy atom. The van der Waals surface area contributed by atoms with E-state index in [2.05, 4.69) is 5.32 Å². The Hall–Kier alpha value is -1.86. The van der Waals surface area contributed by atoms with Crippen molar-refractivity contribution in [2.75, 3.05) is 18.5 Å². The third-order valence-corrected chi connectivity index (χ3v) is 4.03. The van der Waals surface area contributed by atoms with Crippen molar-refractivity contribution in [3.05, 3.63) is 33.3 Å². The molecule has 0 aliphatic carbocycles. The Bertz CT molecular complexity index is 581. The number of benzene rings is 1. The number of anilines is 1. The predicted molar refractivity (Wildman–Crippen MR) is 78.6 cm³/mol. The average molecular weight is 314 g/mol. The molecule has 7 nitrogen and oxygen atoms in total. The van der Waals surface area contributed by atoms with Crippen LogP contribution in [0.1, 0.15) is 19.8 Å². The van der Waals surface area contributed by atoms with Gasteiger partial charge in [0.05, 0.1) is 17.1 Å². The average Bonchev–Trinajstić information content (AvgIpc) is 2.81. The number of hydrogen-bond acceptors (Lipinski definition) is 4. The van der Waals surface area contributed by atoms with E-state index in [0.717, 1.165) is 12.8 Å². The fourth-order valence-electron chi connectivity index (χ4n) is 2.46. The SMILES string of the molecule is C[C@@]1(CO)CCCN1C(=O)Nc1ccc([N+](=O)[O-])c(Cl)c1. The number of halogens is 1. The first-order valence-corrected chi connectivity index (χ1v) is 6.88. The standard InChI is InChI=1S/C13H16ClN3O4/c1-13(8-18)5-2-6-16(13)12(19)15-9-3-4-11(17(20)21)10(14)7-9/h3-4,7,18H,2,5-6,8H2,1H3,(H,15,19)/t13-/m0/s1. The fourth-order valence-corrected chi connectivity index (χ4v) is 2.71. The summed E-state index contributed by atoms with van der Waals surface area (Å²) in [5.74, 6) is 0. The molecule has 1 aliphatic rings. The third-order valence-electron chi connectivity index (χ3n) is 3.73. The number of nitro benzene ring substituents is 1. The van der Waals surface area contributed by atoms with Gasteiger partial charge in [0.25, 0.3) is 5.69 Å². The van der Waals surface area contributed by atoms with Crippen LogP contribution in [0.15, 0.2) is 18.2 Å². The molecule has 21 heavy (non-hydrogen) atoms. The molecule has 0 radical (unpaired) electrons. The van der Waals surface area contributed by atoms with E-state index >= 15 is 0 Å². The van der Waals surface area contributed by atoms with Crippen LogP contribution in [0.3, 0.4) is 0 Å². The molecule has 8 heteroatoms. The van der Waals surface area contributed by atoms with Crippen molar-refractivity contribution in [3.63, 3.8) is 0 Å². The first kappa shape index (κ1) is 15.5. The molecule has 0 spiro atoms. The molecular formula is C13H16ClN3O4. The van der Waals surface area contributed by atoms with Gasteiger partial charge in [0.15, 0.2) is 0 Å². The number of carbonyl (C=O) groups is 1. The molecule has 2 amide bonds. The zero-order chi connectivity index (χ0) is 15.6. The number of amides is 2. The van der Waals surface area contributed by atoms with Crippen molar-refractivity contribution in [1.82, 2.24) is 4.90 Å². The minimum atomic E-state index is -0.586. The molecule has 0 bridgehead atoms. The number of aliphatic hydroxyl groups is 1. The van der Waals surface area contributed by atoms with E-state index in [0.29, 0.717) is 12.2 Å². The molecule has 0 unspecified atom stereocenters. The second-order valence-electron chi connectivity index (χ2n) is 5.26. The van der Waals surface area contributed by atoms with Gasteiger partial charge in [-0.3, -0.25) is 10.1 Å². The molecule has 0 aromatic heterocycles. The number of likely N-dealkylation sites (tertiary alicyclic amines) is 1. The van der Waals surface area contributed by atoms with Gasteiger partial charge in [-0.05, 0) is 31.9 Å². The maximum atomic E-state index is 12.2. The predicted octanol–water partition coefficient (Wildman–Crippen LogP) is 2.63. The molecule has 1 heterocycles. The lowest BCUT2D eigenvalue weighted by molar-refractivity contribution is -0.384. The van der Waals surface area contributed by atoms with Gasteiger partial charge in [0, 0.05) is 18.3 Å². The van der Waals surface area contributed by atoms with Gasteiger partial charge in [0.1, 0.15) is 5.02 Å². The highest BCUT2D eigenvalue weighted by molar-refractivity contribution is 6.33. The topological polar surface area (TPSA) is 95.7 Å². The Balaban J connectivity index is 2.13. The summed E-state index contributed by atoms with van der Waals surface area (Å²) in [4.78, 5) is 23.9. The zero-order valence-corrected chi connectivity index (χ0v) is 12.3. The maximum Gasteiger partial charge on any atom is 0.322 e. The van der Waals surface area contributed by atoms with Crippen LogP contribution < -0.4 is 5.32 Å². The van der Waals surface area contributed by atoms with Gasteiger partial charge in [-0.1, -0.05) is 11.6 Å². The summed E-state index contributed by atoms with van der Waals surface area (Å²) in [7, 11) is 0. The quantitative estimate of drug-likeness (QED) is 0.662. The zero-order valence-electron chi connectivity index (χ0n) is 11.5. The summed E-state index contributed by atoms with van der Waals surface area (Å²) < 4.78 is 0. The molecule has 1 atom stereocenters. The Morgan fingerprint density at radius 2 is 2.33 bits per heavy atom. The molecule has 0 saturated carbocycles. The third kappa shape index (κ3) is 3.08. The minimum absolute atomic E-state index is 0.0378. The molecule has 114 valence electrons. The molecule has 2 rings (SSSR count). The van der Waals surface area contributed by atoms with Gasteiger partial charge < -0.3 is 15.3 Å². The number of urea groups is 1. The van der Waals surface area contributed by atoms with Crippen molar-refractivity contribution >= 4 is 29.0 Å². The van der Waals surface area contributed by atoms with Gasteiger partial charge in [-0.25, -0.2) is 4.79 Å². The molecule has 1 aromatic rings. The Kier molecular flexibility index (Phi) is 4.34. The second kappa shape index (κ2) is 5.87. The highest BCUT2D eigenvalue weighted by Crippen LogP contribution is 2.30. The Labute approximate surface area is 126 Å². The molecule has 1 aromatic carbocycles. The van der Waals surface area contributed by atoms with E-state index < -0.39 is 10.5 Å². The van der Waals surface area contributed by atoms with Crippen LogP contribution in [0.5, 0.6) is 0 Å². The molecule has 1 saturated heterocycles. The number of nitro groups is 1. The number of nitrogens with one attached hydrogen (secondary N) is 1. The first-order chi connectivity index (χ1) is 9.87. The monoisotopic (exact) mass is 313 g/mol. The summed E-state index contributed by atoms with van der Waals surface area (Å²) >= 11 is 5.80. The lowest BCUT2D eigenvalue weighted by atomic mass is 10.0. The number of aliphatic hydroxyl groups excluding tert-OH is 1. The van der Waals surface area contributed by atoms with Crippen LogP contribution in [-0.4, -0.2) is 39.7 Å². The van der Waals surface area contributed by atoms with Gasteiger partial charge >= 0.3 is 6.03 Å². The smallest absolute Gasteiger partial charge is 0.322 e. The summed E-state index contributed by atoms with van der Waals surface area (Å²) in [6, 6.07) is 3.65. The van der Waals surface area contributed by atoms with Crippen LogP contribution in [0, 0.1) is 10.1 Å². The van der Waals surface area contributed by atoms with Gasteiger partial charge in [0.2, 0.25) is 0 Å². The molecule has 1 aliphatic heterocycles. The largest absolute Gasteiger partial charge is 0.394 e. The summed E-state index contributed by atoms with van der Waals surface area (Å²) in [6.45, 7) is 2.27. The van der Waals surface area contributed by atoms with E-state index in [4.69, 9.17) is 11.6 Å². The highest BCUT2D eigenvalue weighted by Gasteiger charge is 2.39. The summed E-state index contributed by atoms with van der Waals surface area (Å²) in [5.41, 5.74) is -0.409. The van der Waals surface area contributed by atoms with Crippen molar-refractivity contribution < 1.29 is 14.8 Å². The van der Waals surface area contributed by atoms with E-state index in [1.54, 1.807) is 4.90 Å². The molecule has 2 N–H and O–H groups in total. The minimum Gasteiger partial charge on any atom is -0.394 e. The summed E-state index contributed by atoms with van der Waals surface area (Å²) in [6.07, 6.45) is 1.56. The van der Waals surface area contributed by atoms with Gasteiger partial charge in [-0.2, -0.15) is 0 Å². The van der Waals surface area contributed by atoms with Crippen LogP contribution >= 0.6 is 11.6 Å². The first-order valence-electron chi connectivity index (χ1n) is 6.51. The van der Waals surface area contributed by atoms with E-state index in [1.165, 1.54) is 18.2 Å². The van der Waals surface area contributed by atoms with Crippen molar-refractivity contribution in [3.8, 4) is 0 Å². The normalized spacial score (nSPS) is 21.4. The molecule has 1 fully saturated rings. The van der Waals surface area contributed by atoms with E-state index in [-0.39, 0.29) is 23.3 Å². The summed E-state index contributed by atoms with van der Waals surface area (Å²) in [5, 5.41) is 22.7.